The maximum absolute atomic E-state index is 13.1. The van der Waals surface area contributed by atoms with Crippen molar-refractivity contribution in [3.63, 3.8) is 0 Å². The SMILES string of the molecule is C=Cc1cc2c(cc1OC)c([C@@H]1CCC[C@H](NC(=O)[C@@H]3CCCO3)C1)cn2C(=O)OC(C)(C)C. The van der Waals surface area contributed by atoms with Crippen molar-refractivity contribution in [1.82, 2.24) is 9.88 Å². The van der Waals surface area contributed by atoms with Crippen molar-refractivity contribution in [2.75, 3.05) is 13.7 Å². The molecular weight excluding hydrogens is 432 g/mol. The van der Waals surface area contributed by atoms with Crippen molar-refractivity contribution < 1.29 is 23.8 Å². The van der Waals surface area contributed by atoms with Gasteiger partial charge in [0.25, 0.3) is 0 Å². The Balaban J connectivity index is 1.67. The van der Waals surface area contributed by atoms with Crippen LogP contribution in [0.5, 0.6) is 5.75 Å². The molecule has 1 amide bonds. The van der Waals surface area contributed by atoms with Gasteiger partial charge in [0, 0.05) is 29.8 Å². The third kappa shape index (κ3) is 5.14. The van der Waals surface area contributed by atoms with E-state index in [1.54, 1.807) is 17.8 Å². The second kappa shape index (κ2) is 9.82. The number of hydrogen-bond donors (Lipinski definition) is 1. The lowest BCUT2D eigenvalue weighted by Gasteiger charge is -2.30. The molecule has 0 spiro atoms. The zero-order chi connectivity index (χ0) is 24.5. The molecular formula is C27H36N2O5. The van der Waals surface area contributed by atoms with Crippen LogP contribution in [-0.2, 0) is 14.3 Å². The van der Waals surface area contributed by atoms with Gasteiger partial charge in [-0.25, -0.2) is 4.79 Å². The van der Waals surface area contributed by atoms with E-state index in [9.17, 15) is 9.59 Å². The molecule has 0 bridgehead atoms. The standard InChI is InChI=1S/C27H36N2O5/c1-6-17-14-22-20(15-24(17)32-5)21(16-29(22)26(31)34-27(2,3)4)18-9-7-10-19(13-18)28-25(30)23-11-8-12-33-23/h6,14-16,18-19,23H,1,7-13H2,2-5H3,(H,28,30)/t18-,19+,23+/m1/s1. The summed E-state index contributed by atoms with van der Waals surface area (Å²) >= 11 is 0. The molecule has 7 nitrogen and oxygen atoms in total. The molecule has 34 heavy (non-hydrogen) atoms. The van der Waals surface area contributed by atoms with Gasteiger partial charge in [0.1, 0.15) is 17.5 Å². The molecule has 1 aromatic heterocycles. The highest BCUT2D eigenvalue weighted by Crippen LogP contribution is 2.40. The van der Waals surface area contributed by atoms with Gasteiger partial charge in [-0.1, -0.05) is 19.1 Å². The summed E-state index contributed by atoms with van der Waals surface area (Å²) in [5, 5.41) is 4.17. The first-order valence-corrected chi connectivity index (χ1v) is 12.2. The average Bonchev–Trinajstić information content (AvgIpc) is 3.45. The van der Waals surface area contributed by atoms with Crippen molar-refractivity contribution in [1.29, 1.82) is 0 Å². The minimum Gasteiger partial charge on any atom is -0.496 e. The van der Waals surface area contributed by atoms with Crippen LogP contribution in [0.1, 0.15) is 76.3 Å². The van der Waals surface area contributed by atoms with E-state index in [0.717, 1.165) is 60.6 Å². The summed E-state index contributed by atoms with van der Waals surface area (Å²) in [6.07, 6.45) is 8.37. The number of nitrogens with one attached hydrogen (secondary N) is 1. The Bertz CT molecular complexity index is 1070. The molecule has 2 aliphatic rings. The number of fused-ring (bicyclic) bond motifs is 1. The van der Waals surface area contributed by atoms with Crippen molar-refractivity contribution in [2.45, 2.75) is 83.0 Å². The summed E-state index contributed by atoms with van der Waals surface area (Å²) in [5.74, 6) is 0.912. The number of carbonyl (C=O) groups is 2. The smallest absolute Gasteiger partial charge is 0.419 e. The van der Waals surface area contributed by atoms with Crippen LogP contribution in [0.2, 0.25) is 0 Å². The van der Waals surface area contributed by atoms with Gasteiger partial charge in [0.2, 0.25) is 5.91 Å². The van der Waals surface area contributed by atoms with Gasteiger partial charge in [-0.2, -0.15) is 0 Å². The van der Waals surface area contributed by atoms with E-state index in [1.807, 2.05) is 39.1 Å². The molecule has 1 aliphatic carbocycles. The van der Waals surface area contributed by atoms with Gasteiger partial charge < -0.3 is 19.5 Å². The number of nitrogens with zero attached hydrogens (tertiary/aromatic N) is 1. The second-order valence-corrected chi connectivity index (χ2v) is 10.3. The molecule has 1 N–H and O–H groups in total. The number of methoxy groups -OCH3 is 1. The Morgan fingerprint density at radius 1 is 1.21 bits per heavy atom. The van der Waals surface area contributed by atoms with E-state index in [2.05, 4.69) is 11.9 Å². The van der Waals surface area contributed by atoms with E-state index >= 15 is 0 Å². The van der Waals surface area contributed by atoms with Crippen LogP contribution >= 0.6 is 0 Å². The van der Waals surface area contributed by atoms with Crippen molar-refractivity contribution >= 4 is 29.0 Å². The molecule has 4 rings (SSSR count). The van der Waals surface area contributed by atoms with Gasteiger partial charge in [-0.05, 0) is 76.5 Å². The molecule has 184 valence electrons. The van der Waals surface area contributed by atoms with Gasteiger partial charge in [0.15, 0.2) is 0 Å². The monoisotopic (exact) mass is 468 g/mol. The number of benzene rings is 1. The number of hydrogen-bond acceptors (Lipinski definition) is 5. The van der Waals surface area contributed by atoms with Crippen LogP contribution in [0.4, 0.5) is 4.79 Å². The van der Waals surface area contributed by atoms with E-state index in [0.29, 0.717) is 12.4 Å². The number of rotatable bonds is 5. The summed E-state index contributed by atoms with van der Waals surface area (Å²) in [6, 6.07) is 4.00. The van der Waals surface area contributed by atoms with Crippen LogP contribution in [-0.4, -0.2) is 48.0 Å². The first-order chi connectivity index (χ1) is 16.2. The lowest BCUT2D eigenvalue weighted by atomic mass is 9.81. The van der Waals surface area contributed by atoms with Gasteiger partial charge in [0.05, 0.1) is 12.6 Å². The maximum atomic E-state index is 13.1. The largest absolute Gasteiger partial charge is 0.496 e. The fourth-order valence-corrected chi connectivity index (χ4v) is 5.10. The number of ether oxygens (including phenoxy) is 3. The Kier molecular flexibility index (Phi) is 7.03. The molecule has 7 heteroatoms. The van der Waals surface area contributed by atoms with Crippen LogP contribution in [0.15, 0.2) is 24.9 Å². The third-order valence-corrected chi connectivity index (χ3v) is 6.68. The molecule has 2 heterocycles. The molecule has 2 fully saturated rings. The second-order valence-electron chi connectivity index (χ2n) is 10.3. The molecule has 1 saturated carbocycles. The number of carbonyl (C=O) groups excluding carboxylic acids is 2. The van der Waals surface area contributed by atoms with E-state index in [4.69, 9.17) is 14.2 Å². The molecule has 0 unspecified atom stereocenters. The normalized spacial score (nSPS) is 23.0. The quantitative estimate of drug-likeness (QED) is 0.636. The lowest BCUT2D eigenvalue weighted by Crippen LogP contribution is -2.43. The Labute approximate surface area is 201 Å². The molecule has 1 aromatic carbocycles. The minimum absolute atomic E-state index is 0.00312. The zero-order valence-corrected chi connectivity index (χ0v) is 20.7. The first-order valence-electron chi connectivity index (χ1n) is 12.2. The highest BCUT2D eigenvalue weighted by Gasteiger charge is 2.31. The third-order valence-electron chi connectivity index (χ3n) is 6.68. The fourth-order valence-electron chi connectivity index (χ4n) is 5.10. The van der Waals surface area contributed by atoms with E-state index in [-0.39, 0.29) is 24.0 Å². The zero-order valence-electron chi connectivity index (χ0n) is 20.7. The van der Waals surface area contributed by atoms with E-state index in [1.165, 1.54) is 0 Å². The van der Waals surface area contributed by atoms with Gasteiger partial charge in [-0.15, -0.1) is 0 Å². The highest BCUT2D eigenvalue weighted by atomic mass is 16.6. The van der Waals surface area contributed by atoms with Crippen molar-refractivity contribution in [3.05, 3.63) is 36.0 Å². The Hall–Kier alpha value is -2.80. The molecule has 1 aliphatic heterocycles. The summed E-state index contributed by atoms with van der Waals surface area (Å²) < 4.78 is 18.4. The summed E-state index contributed by atoms with van der Waals surface area (Å²) in [4.78, 5) is 25.7. The number of aromatic nitrogens is 1. The van der Waals surface area contributed by atoms with Gasteiger partial charge in [-0.3, -0.25) is 9.36 Å². The van der Waals surface area contributed by atoms with Crippen LogP contribution < -0.4 is 10.1 Å². The van der Waals surface area contributed by atoms with Gasteiger partial charge >= 0.3 is 6.09 Å². The summed E-state index contributed by atoms with van der Waals surface area (Å²) in [7, 11) is 1.63. The molecule has 2 aromatic rings. The topological polar surface area (TPSA) is 78.8 Å². The summed E-state index contributed by atoms with van der Waals surface area (Å²) in [5.41, 5.74) is 2.05. The molecule has 3 atom stereocenters. The van der Waals surface area contributed by atoms with Crippen LogP contribution in [0.25, 0.3) is 17.0 Å². The number of amides is 1. The first kappa shape index (κ1) is 24.3. The van der Waals surface area contributed by atoms with Crippen molar-refractivity contribution in [2.24, 2.45) is 0 Å². The fraction of sp³-hybridized carbons (Fsp3) is 0.556. The maximum Gasteiger partial charge on any atom is 0.419 e. The van der Waals surface area contributed by atoms with Crippen LogP contribution in [0.3, 0.4) is 0 Å². The van der Waals surface area contributed by atoms with Crippen LogP contribution in [0, 0.1) is 0 Å². The Morgan fingerprint density at radius 2 is 2.00 bits per heavy atom. The predicted octanol–water partition coefficient (Wildman–Crippen LogP) is 5.40. The van der Waals surface area contributed by atoms with Crippen molar-refractivity contribution in [3.8, 4) is 5.75 Å². The minimum atomic E-state index is -0.607. The average molecular weight is 469 g/mol. The highest BCUT2D eigenvalue weighted by molar-refractivity contribution is 5.95. The molecule has 1 saturated heterocycles. The lowest BCUT2D eigenvalue weighted by molar-refractivity contribution is -0.131. The summed E-state index contributed by atoms with van der Waals surface area (Å²) in [6.45, 7) is 10.1. The Morgan fingerprint density at radius 3 is 2.65 bits per heavy atom. The predicted molar refractivity (Wildman–Crippen MR) is 132 cm³/mol. The molecule has 0 radical (unpaired) electrons. The van der Waals surface area contributed by atoms with E-state index < -0.39 is 11.7 Å².